The Hall–Kier alpha value is -1.56. The quantitative estimate of drug-likeness (QED) is 0.820. The molecular weight excluding hydrogens is 225 g/mol. The van der Waals surface area contributed by atoms with E-state index in [0.29, 0.717) is 5.56 Å². The zero-order valence-electron chi connectivity index (χ0n) is 8.25. The van der Waals surface area contributed by atoms with E-state index in [1.807, 2.05) is 0 Å². The van der Waals surface area contributed by atoms with Gasteiger partial charge in [0.2, 0.25) is 0 Å². The molecule has 0 saturated carbocycles. The number of hydrogen-bond acceptors (Lipinski definition) is 2. The smallest absolute Gasteiger partial charge is 0.432 e. The first-order valence-corrected chi connectivity index (χ1v) is 4.29. The second-order valence-electron chi connectivity index (χ2n) is 3.38. The molecular formula is C10H9F3O3. The maximum atomic E-state index is 12.5. The van der Waals surface area contributed by atoms with Crippen molar-refractivity contribution in [2.45, 2.75) is 18.7 Å². The van der Waals surface area contributed by atoms with E-state index in [1.54, 1.807) is 6.92 Å². The van der Waals surface area contributed by atoms with E-state index in [1.165, 1.54) is 12.1 Å². The minimum absolute atomic E-state index is 0.665. The van der Waals surface area contributed by atoms with E-state index >= 15 is 0 Å². The molecule has 0 bridgehead atoms. The number of halogens is 3. The SMILES string of the molecule is Cc1ccc(C(O)(C(=O)O)C(F)(F)F)cc1. The van der Waals surface area contributed by atoms with Gasteiger partial charge in [-0.15, -0.1) is 0 Å². The van der Waals surface area contributed by atoms with Gasteiger partial charge in [0, 0.05) is 5.56 Å². The minimum atomic E-state index is -5.27. The summed E-state index contributed by atoms with van der Waals surface area (Å²) >= 11 is 0. The van der Waals surface area contributed by atoms with E-state index in [4.69, 9.17) is 5.11 Å². The van der Waals surface area contributed by atoms with Gasteiger partial charge in [-0.2, -0.15) is 13.2 Å². The number of carbonyl (C=O) groups is 1. The van der Waals surface area contributed by atoms with Crippen LogP contribution in [-0.2, 0) is 10.4 Å². The lowest BCUT2D eigenvalue weighted by Gasteiger charge is -2.26. The summed E-state index contributed by atoms with van der Waals surface area (Å²) < 4.78 is 37.5. The van der Waals surface area contributed by atoms with Crippen molar-refractivity contribution in [1.29, 1.82) is 0 Å². The molecule has 16 heavy (non-hydrogen) atoms. The molecule has 0 amide bonds. The second kappa shape index (κ2) is 3.79. The van der Waals surface area contributed by atoms with Crippen LogP contribution in [0.1, 0.15) is 11.1 Å². The fraction of sp³-hybridized carbons (Fsp3) is 0.300. The van der Waals surface area contributed by atoms with Gasteiger partial charge in [-0.1, -0.05) is 29.8 Å². The Morgan fingerprint density at radius 2 is 1.62 bits per heavy atom. The second-order valence-corrected chi connectivity index (χ2v) is 3.38. The van der Waals surface area contributed by atoms with Crippen LogP contribution in [0.4, 0.5) is 13.2 Å². The van der Waals surface area contributed by atoms with Gasteiger partial charge in [-0.3, -0.25) is 0 Å². The highest BCUT2D eigenvalue weighted by Gasteiger charge is 2.61. The van der Waals surface area contributed by atoms with Crippen molar-refractivity contribution in [3.05, 3.63) is 35.4 Å². The topological polar surface area (TPSA) is 57.5 Å². The number of aryl methyl sites for hydroxylation is 1. The average Bonchev–Trinajstić information content (AvgIpc) is 2.15. The predicted molar refractivity (Wildman–Crippen MR) is 48.8 cm³/mol. The minimum Gasteiger partial charge on any atom is -0.479 e. The molecule has 0 aliphatic carbocycles. The van der Waals surface area contributed by atoms with Crippen LogP contribution in [0.25, 0.3) is 0 Å². The van der Waals surface area contributed by atoms with E-state index in [-0.39, 0.29) is 0 Å². The van der Waals surface area contributed by atoms with Gasteiger partial charge in [-0.05, 0) is 6.92 Å². The van der Waals surface area contributed by atoms with E-state index in [2.05, 4.69) is 0 Å². The lowest BCUT2D eigenvalue weighted by molar-refractivity contribution is -0.265. The normalized spacial score (nSPS) is 15.6. The van der Waals surface area contributed by atoms with Crippen LogP contribution in [0.15, 0.2) is 24.3 Å². The number of alkyl halides is 3. The van der Waals surface area contributed by atoms with Crippen LogP contribution in [0, 0.1) is 6.92 Å². The number of benzene rings is 1. The molecule has 1 aromatic rings. The molecule has 0 aromatic heterocycles. The molecule has 3 nitrogen and oxygen atoms in total. The maximum Gasteiger partial charge on any atom is 0.432 e. The molecule has 88 valence electrons. The van der Waals surface area contributed by atoms with Crippen LogP contribution in [-0.4, -0.2) is 22.4 Å². The fourth-order valence-electron chi connectivity index (χ4n) is 1.20. The summed E-state index contributed by atoms with van der Waals surface area (Å²) in [6.45, 7) is 1.64. The Morgan fingerprint density at radius 3 is 1.94 bits per heavy atom. The van der Waals surface area contributed by atoms with Gasteiger partial charge in [0.15, 0.2) is 0 Å². The molecule has 0 heterocycles. The first-order valence-electron chi connectivity index (χ1n) is 4.29. The van der Waals surface area contributed by atoms with Crippen molar-refractivity contribution < 1.29 is 28.2 Å². The molecule has 1 unspecified atom stereocenters. The molecule has 0 radical (unpaired) electrons. The first kappa shape index (κ1) is 12.5. The zero-order valence-corrected chi connectivity index (χ0v) is 8.25. The molecule has 6 heteroatoms. The Kier molecular flexibility index (Phi) is 2.96. The number of aliphatic hydroxyl groups is 1. The lowest BCUT2D eigenvalue weighted by atomic mass is 9.92. The highest BCUT2D eigenvalue weighted by Crippen LogP contribution is 2.39. The third-order valence-electron chi connectivity index (χ3n) is 2.19. The van der Waals surface area contributed by atoms with Crippen LogP contribution in [0.5, 0.6) is 0 Å². The van der Waals surface area contributed by atoms with Gasteiger partial charge in [0.05, 0.1) is 0 Å². The fourth-order valence-corrected chi connectivity index (χ4v) is 1.20. The Labute approximate surface area is 89.1 Å². The Bertz CT molecular complexity index is 397. The third-order valence-corrected chi connectivity index (χ3v) is 2.19. The summed E-state index contributed by atoms with van der Waals surface area (Å²) in [6.07, 6.45) is -5.27. The van der Waals surface area contributed by atoms with Gasteiger partial charge in [-0.25, -0.2) is 4.79 Å². The predicted octanol–water partition coefficient (Wildman–Crippen LogP) is 1.83. The molecule has 0 aliphatic heterocycles. The highest BCUT2D eigenvalue weighted by atomic mass is 19.4. The van der Waals surface area contributed by atoms with Crippen molar-refractivity contribution in [2.75, 3.05) is 0 Å². The summed E-state index contributed by atoms with van der Waals surface area (Å²) in [5.41, 5.74) is -3.91. The summed E-state index contributed by atoms with van der Waals surface area (Å²) in [7, 11) is 0. The van der Waals surface area contributed by atoms with Crippen LogP contribution >= 0.6 is 0 Å². The molecule has 1 atom stereocenters. The molecule has 1 rings (SSSR count). The standard InChI is InChI=1S/C10H9F3O3/c1-6-2-4-7(5-3-6)9(16,8(14)15)10(11,12)13/h2-5,16H,1H3,(H,14,15). The molecule has 0 aliphatic rings. The molecule has 0 saturated heterocycles. The Morgan fingerprint density at radius 1 is 1.19 bits per heavy atom. The number of hydrogen-bond donors (Lipinski definition) is 2. The number of carboxylic acids is 1. The summed E-state index contributed by atoms with van der Waals surface area (Å²) in [5.74, 6) is -2.34. The van der Waals surface area contributed by atoms with Crippen LogP contribution in [0.2, 0.25) is 0 Å². The van der Waals surface area contributed by atoms with Crippen molar-refractivity contribution >= 4 is 5.97 Å². The lowest BCUT2D eigenvalue weighted by Crippen LogP contribution is -2.49. The van der Waals surface area contributed by atoms with Crippen molar-refractivity contribution in [1.82, 2.24) is 0 Å². The number of rotatable bonds is 2. The zero-order chi connectivity index (χ0) is 12.6. The van der Waals surface area contributed by atoms with E-state index in [9.17, 15) is 23.1 Å². The summed E-state index contributed by atoms with van der Waals surface area (Å²) in [6, 6.07) is 4.48. The van der Waals surface area contributed by atoms with Crippen LogP contribution < -0.4 is 0 Å². The van der Waals surface area contributed by atoms with Gasteiger partial charge in [0.1, 0.15) is 0 Å². The number of carboxylic acid groups (broad SMARTS) is 1. The highest BCUT2D eigenvalue weighted by molar-refractivity contribution is 5.80. The van der Waals surface area contributed by atoms with Crippen LogP contribution in [0.3, 0.4) is 0 Å². The van der Waals surface area contributed by atoms with Gasteiger partial charge >= 0.3 is 12.1 Å². The number of aliphatic carboxylic acids is 1. The Balaban J connectivity index is 3.34. The third kappa shape index (κ3) is 1.88. The molecule has 1 aromatic carbocycles. The van der Waals surface area contributed by atoms with Crippen molar-refractivity contribution in [2.24, 2.45) is 0 Å². The van der Waals surface area contributed by atoms with E-state index in [0.717, 1.165) is 12.1 Å². The van der Waals surface area contributed by atoms with E-state index < -0.39 is 23.3 Å². The molecule has 2 N–H and O–H groups in total. The summed E-state index contributed by atoms with van der Waals surface area (Å²) in [5, 5.41) is 17.8. The van der Waals surface area contributed by atoms with Crippen molar-refractivity contribution in [3.63, 3.8) is 0 Å². The molecule has 0 fully saturated rings. The molecule has 0 spiro atoms. The summed E-state index contributed by atoms with van der Waals surface area (Å²) in [4.78, 5) is 10.6. The van der Waals surface area contributed by atoms with Crippen molar-refractivity contribution in [3.8, 4) is 0 Å². The van der Waals surface area contributed by atoms with Gasteiger partial charge < -0.3 is 10.2 Å². The maximum absolute atomic E-state index is 12.5. The first-order chi connectivity index (χ1) is 7.19. The monoisotopic (exact) mass is 234 g/mol. The van der Waals surface area contributed by atoms with Gasteiger partial charge in [0.25, 0.3) is 5.60 Å². The average molecular weight is 234 g/mol. The largest absolute Gasteiger partial charge is 0.479 e.